The monoisotopic (exact) mass is 258 g/mol. The maximum Gasteiger partial charge on any atom is 0.159 e. The van der Waals surface area contributed by atoms with Crippen LogP contribution in [-0.4, -0.2) is 10.9 Å². The van der Waals surface area contributed by atoms with E-state index in [1.165, 1.54) is 0 Å². The van der Waals surface area contributed by atoms with Gasteiger partial charge in [-0.3, -0.25) is 4.79 Å². The van der Waals surface area contributed by atoms with Crippen LogP contribution in [0.2, 0.25) is 0 Å². The summed E-state index contributed by atoms with van der Waals surface area (Å²) in [7, 11) is 0. The summed E-state index contributed by atoms with van der Waals surface area (Å²) in [5, 5.41) is 9.19. The molecule has 2 nitrogen and oxygen atoms in total. The van der Waals surface area contributed by atoms with E-state index in [1.807, 2.05) is 36.4 Å². The summed E-state index contributed by atoms with van der Waals surface area (Å²) in [5.74, 6) is 1.22. The zero-order valence-corrected chi connectivity index (χ0v) is 10.9. The Kier molecular flexibility index (Phi) is 4.05. The fourth-order valence-corrected chi connectivity index (χ4v) is 2.40. The lowest BCUT2D eigenvalue weighted by Gasteiger charge is -2.03. The van der Waals surface area contributed by atoms with Crippen LogP contribution in [0, 0.1) is 0 Å². The SMILES string of the molecule is CC(=O)c1ccc(SCc2ccc(O)cc2)cc1. The highest BCUT2D eigenvalue weighted by Crippen LogP contribution is 2.24. The Morgan fingerprint density at radius 3 is 2.22 bits per heavy atom. The molecule has 0 amide bonds. The minimum atomic E-state index is 0.0880. The number of ketones is 1. The topological polar surface area (TPSA) is 37.3 Å². The van der Waals surface area contributed by atoms with Crippen molar-refractivity contribution in [2.75, 3.05) is 0 Å². The van der Waals surface area contributed by atoms with Crippen LogP contribution in [-0.2, 0) is 5.75 Å². The lowest BCUT2D eigenvalue weighted by atomic mass is 10.2. The highest BCUT2D eigenvalue weighted by molar-refractivity contribution is 7.98. The summed E-state index contributed by atoms with van der Waals surface area (Å²) in [4.78, 5) is 12.3. The molecule has 0 radical (unpaired) electrons. The quantitative estimate of drug-likeness (QED) is 0.668. The molecule has 0 saturated carbocycles. The molecule has 18 heavy (non-hydrogen) atoms. The number of carbonyl (C=O) groups excluding carboxylic acids is 1. The number of aromatic hydroxyl groups is 1. The molecule has 3 heteroatoms. The minimum Gasteiger partial charge on any atom is -0.508 e. The number of phenols is 1. The van der Waals surface area contributed by atoms with Gasteiger partial charge in [-0.25, -0.2) is 0 Å². The Balaban J connectivity index is 1.97. The molecule has 0 unspecified atom stereocenters. The van der Waals surface area contributed by atoms with Crippen molar-refractivity contribution in [3.8, 4) is 5.75 Å². The van der Waals surface area contributed by atoms with Crippen molar-refractivity contribution in [3.63, 3.8) is 0 Å². The van der Waals surface area contributed by atoms with E-state index in [0.717, 1.165) is 21.8 Å². The molecule has 2 aromatic carbocycles. The van der Waals surface area contributed by atoms with Gasteiger partial charge in [-0.15, -0.1) is 11.8 Å². The zero-order chi connectivity index (χ0) is 13.0. The van der Waals surface area contributed by atoms with Crippen molar-refractivity contribution < 1.29 is 9.90 Å². The molecule has 0 aliphatic carbocycles. The molecule has 1 N–H and O–H groups in total. The van der Waals surface area contributed by atoms with Crippen LogP contribution in [0.15, 0.2) is 53.4 Å². The maximum atomic E-state index is 11.1. The van der Waals surface area contributed by atoms with Gasteiger partial charge in [0.05, 0.1) is 0 Å². The zero-order valence-electron chi connectivity index (χ0n) is 10.1. The van der Waals surface area contributed by atoms with E-state index in [9.17, 15) is 9.90 Å². The predicted octanol–water partition coefficient (Wildman–Crippen LogP) is 3.89. The van der Waals surface area contributed by atoms with Crippen molar-refractivity contribution in [3.05, 3.63) is 59.7 Å². The minimum absolute atomic E-state index is 0.0880. The standard InChI is InChI=1S/C15H14O2S/c1-11(16)13-4-8-15(9-5-13)18-10-12-2-6-14(17)7-3-12/h2-9,17H,10H2,1H3. The Morgan fingerprint density at radius 2 is 1.67 bits per heavy atom. The number of Topliss-reactive ketones (excluding diaryl/α,β-unsaturated/α-hetero) is 1. The first kappa shape index (κ1) is 12.7. The summed E-state index contributed by atoms with van der Waals surface area (Å²) >= 11 is 1.71. The third-order valence-electron chi connectivity index (χ3n) is 2.60. The summed E-state index contributed by atoms with van der Waals surface area (Å²) in [6, 6.07) is 14.8. The smallest absolute Gasteiger partial charge is 0.159 e. The second-order valence-corrected chi connectivity index (χ2v) is 5.08. The number of rotatable bonds is 4. The van der Waals surface area contributed by atoms with Gasteiger partial charge in [0.15, 0.2) is 5.78 Å². The second-order valence-electron chi connectivity index (χ2n) is 4.04. The second kappa shape index (κ2) is 5.74. The first-order valence-electron chi connectivity index (χ1n) is 5.67. The Labute approximate surface area is 111 Å². The van der Waals surface area contributed by atoms with E-state index in [-0.39, 0.29) is 11.5 Å². The van der Waals surface area contributed by atoms with Crippen molar-refractivity contribution in [2.24, 2.45) is 0 Å². The third kappa shape index (κ3) is 3.37. The van der Waals surface area contributed by atoms with E-state index >= 15 is 0 Å². The van der Waals surface area contributed by atoms with Gasteiger partial charge in [0, 0.05) is 16.2 Å². The molecule has 2 rings (SSSR count). The normalized spacial score (nSPS) is 10.3. The van der Waals surface area contributed by atoms with Crippen molar-refractivity contribution in [1.29, 1.82) is 0 Å². The van der Waals surface area contributed by atoms with Crippen LogP contribution in [0.1, 0.15) is 22.8 Å². The van der Waals surface area contributed by atoms with Crippen LogP contribution >= 0.6 is 11.8 Å². The molecular formula is C15H14O2S. The number of hydrogen-bond donors (Lipinski definition) is 1. The number of hydrogen-bond acceptors (Lipinski definition) is 3. The fraction of sp³-hybridized carbons (Fsp3) is 0.133. The van der Waals surface area contributed by atoms with Crippen LogP contribution in [0.5, 0.6) is 5.75 Å². The molecule has 0 spiro atoms. The molecule has 0 fully saturated rings. The first-order chi connectivity index (χ1) is 8.65. The summed E-state index contributed by atoms with van der Waals surface area (Å²) in [6.45, 7) is 1.57. The van der Waals surface area contributed by atoms with Crippen molar-refractivity contribution in [2.45, 2.75) is 17.6 Å². The summed E-state index contributed by atoms with van der Waals surface area (Å²) in [6.07, 6.45) is 0. The average Bonchev–Trinajstić information content (AvgIpc) is 2.38. The Hall–Kier alpha value is -1.74. The van der Waals surface area contributed by atoms with Crippen LogP contribution < -0.4 is 0 Å². The highest BCUT2D eigenvalue weighted by atomic mass is 32.2. The molecule has 0 aromatic heterocycles. The van der Waals surface area contributed by atoms with Crippen LogP contribution in [0.3, 0.4) is 0 Å². The summed E-state index contributed by atoms with van der Waals surface area (Å²) in [5.41, 5.74) is 1.90. The van der Waals surface area contributed by atoms with Gasteiger partial charge in [0.25, 0.3) is 0 Å². The van der Waals surface area contributed by atoms with Gasteiger partial charge in [-0.2, -0.15) is 0 Å². The van der Waals surface area contributed by atoms with Gasteiger partial charge in [-0.1, -0.05) is 24.3 Å². The van der Waals surface area contributed by atoms with Crippen molar-refractivity contribution in [1.82, 2.24) is 0 Å². The van der Waals surface area contributed by atoms with Crippen molar-refractivity contribution >= 4 is 17.5 Å². The molecule has 92 valence electrons. The largest absolute Gasteiger partial charge is 0.508 e. The molecule has 0 heterocycles. The fourth-order valence-electron chi connectivity index (χ4n) is 1.54. The molecule has 0 aliphatic rings. The lowest BCUT2D eigenvalue weighted by Crippen LogP contribution is -1.90. The summed E-state index contributed by atoms with van der Waals surface area (Å²) < 4.78 is 0. The van der Waals surface area contributed by atoms with E-state index in [0.29, 0.717) is 0 Å². The van der Waals surface area contributed by atoms with E-state index < -0.39 is 0 Å². The Bertz CT molecular complexity index is 529. The lowest BCUT2D eigenvalue weighted by molar-refractivity contribution is 0.101. The molecular weight excluding hydrogens is 244 g/mol. The number of thioether (sulfide) groups is 1. The van der Waals surface area contributed by atoms with E-state index in [1.54, 1.807) is 30.8 Å². The highest BCUT2D eigenvalue weighted by Gasteiger charge is 2.00. The molecule has 0 atom stereocenters. The third-order valence-corrected chi connectivity index (χ3v) is 3.69. The van der Waals surface area contributed by atoms with E-state index in [4.69, 9.17) is 0 Å². The van der Waals surface area contributed by atoms with Crippen LogP contribution in [0.25, 0.3) is 0 Å². The number of benzene rings is 2. The van der Waals surface area contributed by atoms with Gasteiger partial charge < -0.3 is 5.11 Å². The van der Waals surface area contributed by atoms with Crippen LogP contribution in [0.4, 0.5) is 0 Å². The van der Waals surface area contributed by atoms with Gasteiger partial charge in [0.1, 0.15) is 5.75 Å². The Morgan fingerprint density at radius 1 is 1.06 bits per heavy atom. The first-order valence-corrected chi connectivity index (χ1v) is 6.65. The maximum absolute atomic E-state index is 11.1. The van der Waals surface area contributed by atoms with E-state index in [2.05, 4.69) is 0 Å². The molecule has 2 aromatic rings. The van der Waals surface area contributed by atoms with Gasteiger partial charge in [0.2, 0.25) is 0 Å². The molecule has 0 bridgehead atoms. The molecule has 0 saturated heterocycles. The molecule has 0 aliphatic heterocycles. The van der Waals surface area contributed by atoms with Gasteiger partial charge in [-0.05, 0) is 36.8 Å². The van der Waals surface area contributed by atoms with Gasteiger partial charge >= 0.3 is 0 Å². The predicted molar refractivity (Wildman–Crippen MR) is 74.1 cm³/mol. The number of phenolic OH excluding ortho intramolecular Hbond substituents is 1. The number of carbonyl (C=O) groups is 1. The average molecular weight is 258 g/mol.